The molecule has 5 nitrogen and oxygen atoms in total. The van der Waals surface area contributed by atoms with Gasteiger partial charge in [0.2, 0.25) is 0 Å². The van der Waals surface area contributed by atoms with E-state index in [4.69, 9.17) is 4.74 Å². The van der Waals surface area contributed by atoms with E-state index >= 15 is 0 Å². The first kappa shape index (κ1) is 16.1. The molecule has 1 fully saturated rings. The van der Waals surface area contributed by atoms with Crippen LogP contribution in [0.25, 0.3) is 0 Å². The lowest BCUT2D eigenvalue weighted by molar-refractivity contribution is 0.0487. The van der Waals surface area contributed by atoms with Crippen LogP contribution in [0, 0.1) is 5.82 Å². The number of nitrogens with zero attached hydrogens (tertiary/aromatic N) is 3. The Morgan fingerprint density at radius 1 is 1.39 bits per heavy atom. The Hall–Kier alpha value is -1.79. The molecule has 23 heavy (non-hydrogen) atoms. The molecule has 0 saturated carbocycles. The van der Waals surface area contributed by atoms with Crippen LogP contribution in [-0.2, 0) is 16.7 Å². The smallest absolute Gasteiger partial charge is 0.137 e. The molecule has 0 spiro atoms. The fraction of sp³-hybridized carbons (Fsp3) is 0.529. The summed E-state index contributed by atoms with van der Waals surface area (Å²) in [7, 11) is 0. The number of aromatic nitrogens is 3. The molecule has 1 atom stereocenters. The number of benzene rings is 1. The summed E-state index contributed by atoms with van der Waals surface area (Å²) < 4.78 is 21.0. The summed E-state index contributed by atoms with van der Waals surface area (Å²) in [6, 6.07) is 7.23. The fourth-order valence-electron chi connectivity index (χ4n) is 3.19. The standard InChI is InChI=1S/C17H23FN4O/c1-14(10-22-13-19-12-21-22)20-11-17(5-7-23-8-6-17)15-3-2-4-16(18)9-15/h2-4,9,12-14,20H,5-8,10-11H2,1H3/t14-/m1/s1. The van der Waals surface area contributed by atoms with Gasteiger partial charge in [-0.2, -0.15) is 5.10 Å². The SMILES string of the molecule is C[C@H](Cn1cncn1)NCC1(c2cccc(F)c2)CCOCC1. The Balaban J connectivity index is 1.69. The zero-order valence-electron chi connectivity index (χ0n) is 13.4. The van der Waals surface area contributed by atoms with E-state index in [0.717, 1.165) is 44.7 Å². The monoisotopic (exact) mass is 318 g/mol. The van der Waals surface area contributed by atoms with Crippen LogP contribution in [0.4, 0.5) is 4.39 Å². The zero-order chi connectivity index (χ0) is 16.1. The van der Waals surface area contributed by atoms with Crippen molar-refractivity contribution in [3.05, 3.63) is 48.3 Å². The van der Waals surface area contributed by atoms with E-state index in [1.165, 1.54) is 6.07 Å². The summed E-state index contributed by atoms with van der Waals surface area (Å²) in [6.07, 6.45) is 5.06. The molecular formula is C17H23FN4O. The molecule has 1 aromatic carbocycles. The highest BCUT2D eigenvalue weighted by Gasteiger charge is 2.34. The third-order valence-corrected chi connectivity index (χ3v) is 4.60. The van der Waals surface area contributed by atoms with Gasteiger partial charge in [-0.1, -0.05) is 12.1 Å². The van der Waals surface area contributed by atoms with Crippen LogP contribution in [0.5, 0.6) is 0 Å². The van der Waals surface area contributed by atoms with Crippen LogP contribution >= 0.6 is 0 Å². The van der Waals surface area contributed by atoms with Crippen molar-refractivity contribution >= 4 is 0 Å². The largest absolute Gasteiger partial charge is 0.381 e. The normalized spacial score (nSPS) is 18.7. The Kier molecular flexibility index (Phi) is 5.03. The Morgan fingerprint density at radius 2 is 2.22 bits per heavy atom. The van der Waals surface area contributed by atoms with Crippen LogP contribution in [-0.4, -0.2) is 40.6 Å². The Bertz CT molecular complexity index is 611. The van der Waals surface area contributed by atoms with Crippen LogP contribution in [0.3, 0.4) is 0 Å². The quantitative estimate of drug-likeness (QED) is 0.887. The topological polar surface area (TPSA) is 52.0 Å². The van der Waals surface area contributed by atoms with E-state index in [1.807, 2.05) is 10.7 Å². The first-order valence-electron chi connectivity index (χ1n) is 8.08. The van der Waals surface area contributed by atoms with Gasteiger partial charge in [0.05, 0.1) is 6.54 Å². The van der Waals surface area contributed by atoms with E-state index in [0.29, 0.717) is 0 Å². The maximum atomic E-state index is 13.7. The second kappa shape index (κ2) is 7.19. The Labute approximate surface area is 135 Å². The van der Waals surface area contributed by atoms with Crippen molar-refractivity contribution in [2.24, 2.45) is 0 Å². The van der Waals surface area contributed by atoms with Crippen LogP contribution in [0.1, 0.15) is 25.3 Å². The minimum atomic E-state index is -0.177. The summed E-state index contributed by atoms with van der Waals surface area (Å²) >= 11 is 0. The number of halogens is 1. The van der Waals surface area contributed by atoms with Crippen LogP contribution < -0.4 is 5.32 Å². The number of hydrogen-bond acceptors (Lipinski definition) is 4. The molecule has 0 aliphatic carbocycles. The third kappa shape index (κ3) is 3.95. The molecule has 1 aliphatic rings. The molecular weight excluding hydrogens is 295 g/mol. The summed E-state index contributed by atoms with van der Waals surface area (Å²) in [5.41, 5.74) is 0.984. The van der Waals surface area contributed by atoms with Gasteiger partial charge in [-0.05, 0) is 37.5 Å². The predicted molar refractivity (Wildman–Crippen MR) is 85.6 cm³/mol. The first-order valence-corrected chi connectivity index (χ1v) is 8.08. The summed E-state index contributed by atoms with van der Waals surface area (Å²) in [5.74, 6) is -0.177. The molecule has 3 rings (SSSR count). The Morgan fingerprint density at radius 3 is 2.91 bits per heavy atom. The van der Waals surface area contributed by atoms with Gasteiger partial charge >= 0.3 is 0 Å². The first-order chi connectivity index (χ1) is 11.2. The maximum Gasteiger partial charge on any atom is 0.137 e. The fourth-order valence-corrected chi connectivity index (χ4v) is 3.19. The number of nitrogens with one attached hydrogen (secondary N) is 1. The van der Waals surface area contributed by atoms with Crippen molar-refractivity contribution in [2.45, 2.75) is 37.8 Å². The van der Waals surface area contributed by atoms with E-state index in [2.05, 4.69) is 22.3 Å². The van der Waals surface area contributed by atoms with Crippen LogP contribution in [0.15, 0.2) is 36.9 Å². The van der Waals surface area contributed by atoms with Crippen molar-refractivity contribution in [1.82, 2.24) is 20.1 Å². The van der Waals surface area contributed by atoms with Gasteiger partial charge in [0.25, 0.3) is 0 Å². The molecule has 0 bridgehead atoms. The highest BCUT2D eigenvalue weighted by atomic mass is 19.1. The number of hydrogen-bond donors (Lipinski definition) is 1. The van der Waals surface area contributed by atoms with Crippen molar-refractivity contribution in [3.63, 3.8) is 0 Å². The van der Waals surface area contributed by atoms with E-state index in [9.17, 15) is 4.39 Å². The molecule has 2 aromatic rings. The lowest BCUT2D eigenvalue weighted by Crippen LogP contribution is -2.46. The minimum absolute atomic E-state index is 0.0724. The summed E-state index contributed by atoms with van der Waals surface area (Å²) in [4.78, 5) is 3.96. The van der Waals surface area contributed by atoms with Crippen LogP contribution in [0.2, 0.25) is 0 Å². The minimum Gasteiger partial charge on any atom is -0.381 e. The van der Waals surface area contributed by atoms with Gasteiger partial charge in [-0.15, -0.1) is 0 Å². The molecule has 0 amide bonds. The van der Waals surface area contributed by atoms with Gasteiger partial charge in [0.1, 0.15) is 18.5 Å². The van der Waals surface area contributed by atoms with E-state index in [-0.39, 0.29) is 17.3 Å². The van der Waals surface area contributed by atoms with Gasteiger partial charge in [-0.3, -0.25) is 4.68 Å². The average Bonchev–Trinajstić information content (AvgIpc) is 3.07. The second-order valence-corrected chi connectivity index (χ2v) is 6.30. The third-order valence-electron chi connectivity index (χ3n) is 4.60. The molecule has 0 radical (unpaired) electrons. The van der Waals surface area contributed by atoms with Gasteiger partial charge in [0.15, 0.2) is 0 Å². The number of ether oxygens (including phenoxy) is 1. The molecule has 0 unspecified atom stereocenters. The van der Waals surface area contributed by atoms with Gasteiger partial charge < -0.3 is 10.1 Å². The highest BCUT2D eigenvalue weighted by molar-refractivity contribution is 5.27. The molecule has 6 heteroatoms. The van der Waals surface area contributed by atoms with Gasteiger partial charge in [-0.25, -0.2) is 9.37 Å². The lowest BCUT2D eigenvalue weighted by Gasteiger charge is -2.39. The zero-order valence-corrected chi connectivity index (χ0v) is 13.4. The van der Waals surface area contributed by atoms with Crippen molar-refractivity contribution in [1.29, 1.82) is 0 Å². The summed E-state index contributed by atoms with van der Waals surface area (Å²) in [6.45, 7) is 5.12. The molecule has 2 heterocycles. The van der Waals surface area contributed by atoms with E-state index < -0.39 is 0 Å². The second-order valence-electron chi connectivity index (χ2n) is 6.30. The number of rotatable bonds is 6. The van der Waals surface area contributed by atoms with E-state index in [1.54, 1.807) is 24.8 Å². The average molecular weight is 318 g/mol. The maximum absolute atomic E-state index is 13.7. The highest BCUT2D eigenvalue weighted by Crippen LogP contribution is 2.34. The van der Waals surface area contributed by atoms with Crippen molar-refractivity contribution < 1.29 is 9.13 Å². The van der Waals surface area contributed by atoms with Crippen molar-refractivity contribution in [3.8, 4) is 0 Å². The lowest BCUT2D eigenvalue weighted by atomic mass is 9.74. The predicted octanol–water partition coefficient (Wildman–Crippen LogP) is 2.14. The molecule has 1 saturated heterocycles. The molecule has 124 valence electrons. The molecule has 1 aromatic heterocycles. The van der Waals surface area contributed by atoms with Crippen molar-refractivity contribution in [2.75, 3.05) is 19.8 Å². The molecule has 1 N–H and O–H groups in total. The molecule has 1 aliphatic heterocycles. The summed E-state index contributed by atoms with van der Waals surface area (Å²) in [5, 5.41) is 7.72. The van der Waals surface area contributed by atoms with Gasteiger partial charge in [0, 0.05) is 31.2 Å².